The molecule has 7 heteroatoms. The van der Waals surface area contributed by atoms with Crippen LogP contribution in [-0.2, 0) is 4.79 Å². The molecule has 0 saturated carbocycles. The maximum atomic E-state index is 12.0. The molecule has 0 aliphatic carbocycles. The van der Waals surface area contributed by atoms with Gasteiger partial charge in [-0.25, -0.2) is 4.98 Å². The minimum Gasteiger partial charge on any atom is -0.497 e. The average molecular weight is 357 g/mol. The Balaban J connectivity index is 1.84. The summed E-state index contributed by atoms with van der Waals surface area (Å²) >= 11 is 3.28. The van der Waals surface area contributed by atoms with E-state index in [9.17, 15) is 4.79 Å². The zero-order chi connectivity index (χ0) is 16.5. The van der Waals surface area contributed by atoms with Crippen LogP contribution in [0.2, 0.25) is 0 Å². The lowest BCUT2D eigenvalue weighted by Crippen LogP contribution is -2.12. The van der Waals surface area contributed by atoms with Gasteiger partial charge in [-0.05, 0) is 46.7 Å². The van der Waals surface area contributed by atoms with Gasteiger partial charge in [-0.1, -0.05) is 0 Å². The van der Waals surface area contributed by atoms with Gasteiger partial charge in [0.05, 0.1) is 23.8 Å². The van der Waals surface area contributed by atoms with E-state index in [-0.39, 0.29) is 11.2 Å². The van der Waals surface area contributed by atoms with Gasteiger partial charge >= 0.3 is 0 Å². The predicted octanol–water partition coefficient (Wildman–Crippen LogP) is 3.72. The Labute approximate surface area is 147 Å². The number of benzene rings is 1. The molecular formula is C17H15N3O2S2. The molecule has 24 heavy (non-hydrogen) atoms. The van der Waals surface area contributed by atoms with Crippen molar-refractivity contribution in [2.24, 2.45) is 0 Å². The number of hydrogen-bond acceptors (Lipinski definition) is 5. The fourth-order valence-corrected chi connectivity index (χ4v) is 4.62. The fourth-order valence-electron chi connectivity index (χ4n) is 2.74. The Bertz CT molecular complexity index is 857. The van der Waals surface area contributed by atoms with E-state index in [1.165, 1.54) is 5.56 Å². The third kappa shape index (κ3) is 2.70. The summed E-state index contributed by atoms with van der Waals surface area (Å²) in [5.74, 6) is 1.84. The molecule has 1 N–H and O–H groups in total. The van der Waals surface area contributed by atoms with E-state index in [0.717, 1.165) is 17.1 Å². The van der Waals surface area contributed by atoms with E-state index in [4.69, 9.17) is 4.74 Å². The van der Waals surface area contributed by atoms with Crippen LogP contribution >= 0.6 is 23.1 Å². The Morgan fingerprint density at radius 1 is 1.29 bits per heavy atom. The lowest BCUT2D eigenvalue weighted by atomic mass is 10.1. The summed E-state index contributed by atoms with van der Waals surface area (Å²) in [6.07, 6.45) is 1.76. The number of fused-ring (bicyclic) bond motifs is 1. The summed E-state index contributed by atoms with van der Waals surface area (Å²) in [6, 6.07) is 9.92. The van der Waals surface area contributed by atoms with Crippen molar-refractivity contribution in [3.8, 4) is 11.4 Å². The quantitative estimate of drug-likeness (QED) is 0.776. The van der Waals surface area contributed by atoms with Gasteiger partial charge in [0, 0.05) is 5.69 Å². The molecule has 0 unspecified atom stereocenters. The highest BCUT2D eigenvalue weighted by molar-refractivity contribution is 8.00. The number of thioether (sulfide) groups is 1. The Kier molecular flexibility index (Phi) is 4.03. The highest BCUT2D eigenvalue weighted by Gasteiger charge is 2.29. The van der Waals surface area contributed by atoms with Crippen molar-refractivity contribution in [3.63, 3.8) is 0 Å². The molecule has 0 bridgehead atoms. The summed E-state index contributed by atoms with van der Waals surface area (Å²) in [5, 5.41) is 7.17. The van der Waals surface area contributed by atoms with Crippen LogP contribution in [0.3, 0.4) is 0 Å². The van der Waals surface area contributed by atoms with E-state index in [0.29, 0.717) is 11.6 Å². The number of ether oxygens (including phenoxy) is 1. The number of nitrogens with zero attached hydrogens (tertiary/aromatic N) is 2. The molecule has 4 rings (SSSR count). The molecule has 1 aliphatic heterocycles. The molecule has 0 saturated heterocycles. The Morgan fingerprint density at radius 2 is 2.12 bits per heavy atom. The van der Waals surface area contributed by atoms with Crippen molar-refractivity contribution >= 4 is 34.8 Å². The van der Waals surface area contributed by atoms with Gasteiger partial charge in [0.25, 0.3) is 0 Å². The minimum atomic E-state index is -0.0149. The van der Waals surface area contributed by atoms with Crippen LogP contribution in [0.1, 0.15) is 16.5 Å². The molecule has 1 amide bonds. The third-order valence-electron chi connectivity index (χ3n) is 3.89. The smallest absolute Gasteiger partial charge is 0.235 e. The molecule has 1 aliphatic rings. The summed E-state index contributed by atoms with van der Waals surface area (Å²) in [6.45, 7) is 0. The molecule has 3 aromatic rings. The highest BCUT2D eigenvalue weighted by Crippen LogP contribution is 2.42. The molecule has 122 valence electrons. The van der Waals surface area contributed by atoms with E-state index in [1.54, 1.807) is 36.5 Å². The number of hydrogen-bond donors (Lipinski definition) is 1. The summed E-state index contributed by atoms with van der Waals surface area (Å²) in [4.78, 5) is 16.4. The van der Waals surface area contributed by atoms with Gasteiger partial charge in [0.1, 0.15) is 12.1 Å². The molecule has 0 radical (unpaired) electrons. The van der Waals surface area contributed by atoms with Crippen LogP contribution in [0, 0.1) is 0 Å². The first kappa shape index (κ1) is 15.3. The van der Waals surface area contributed by atoms with Crippen molar-refractivity contribution in [1.29, 1.82) is 0 Å². The van der Waals surface area contributed by atoms with Gasteiger partial charge in [0.15, 0.2) is 5.82 Å². The van der Waals surface area contributed by atoms with Crippen molar-refractivity contribution in [2.75, 3.05) is 18.2 Å². The Hall–Kier alpha value is -2.25. The number of amides is 1. The lowest BCUT2D eigenvalue weighted by molar-refractivity contribution is -0.113. The van der Waals surface area contributed by atoms with Gasteiger partial charge in [0.2, 0.25) is 5.91 Å². The van der Waals surface area contributed by atoms with Crippen molar-refractivity contribution in [3.05, 3.63) is 58.7 Å². The van der Waals surface area contributed by atoms with Gasteiger partial charge < -0.3 is 10.1 Å². The number of imidazole rings is 1. The molecule has 5 nitrogen and oxygen atoms in total. The topological polar surface area (TPSA) is 56.2 Å². The molecule has 2 aromatic heterocycles. The second-order valence-corrected chi connectivity index (χ2v) is 7.22. The number of aromatic nitrogens is 2. The van der Waals surface area contributed by atoms with Crippen LogP contribution in [0.5, 0.6) is 5.75 Å². The number of methoxy groups -OCH3 is 1. The van der Waals surface area contributed by atoms with E-state index in [1.807, 2.05) is 28.8 Å². The van der Waals surface area contributed by atoms with Crippen LogP contribution in [-0.4, -0.2) is 28.3 Å². The van der Waals surface area contributed by atoms with Crippen LogP contribution in [0.4, 0.5) is 5.82 Å². The fraction of sp³-hybridized carbons (Fsp3) is 0.176. The average Bonchev–Trinajstić information content (AvgIpc) is 3.24. The lowest BCUT2D eigenvalue weighted by Gasteiger charge is -2.17. The van der Waals surface area contributed by atoms with E-state index < -0.39 is 0 Å². The molecule has 1 atom stereocenters. The SMILES string of the molecule is COc1ccc(-n2cnc3c2[C@@H](c2ccsc2)SCC(=O)N3)cc1. The van der Waals surface area contributed by atoms with E-state index >= 15 is 0 Å². The number of thiophene rings is 1. The van der Waals surface area contributed by atoms with Crippen LogP contribution in [0.15, 0.2) is 47.4 Å². The third-order valence-corrected chi connectivity index (χ3v) is 5.85. The van der Waals surface area contributed by atoms with Gasteiger partial charge in [-0.3, -0.25) is 9.36 Å². The summed E-state index contributed by atoms with van der Waals surface area (Å²) < 4.78 is 7.27. The van der Waals surface area contributed by atoms with Gasteiger partial charge in [-0.2, -0.15) is 11.3 Å². The first-order valence-electron chi connectivity index (χ1n) is 7.41. The van der Waals surface area contributed by atoms with Crippen molar-refractivity contribution in [1.82, 2.24) is 9.55 Å². The van der Waals surface area contributed by atoms with Crippen molar-refractivity contribution in [2.45, 2.75) is 5.25 Å². The number of carbonyl (C=O) groups excluding carboxylic acids is 1. The van der Waals surface area contributed by atoms with Crippen LogP contribution < -0.4 is 10.1 Å². The highest BCUT2D eigenvalue weighted by atomic mass is 32.2. The number of anilines is 1. The Morgan fingerprint density at radius 3 is 2.83 bits per heavy atom. The first-order chi connectivity index (χ1) is 11.8. The second-order valence-electron chi connectivity index (χ2n) is 5.34. The maximum absolute atomic E-state index is 12.0. The van der Waals surface area contributed by atoms with Crippen LogP contribution in [0.25, 0.3) is 5.69 Å². The van der Waals surface area contributed by atoms with Crippen molar-refractivity contribution < 1.29 is 9.53 Å². The number of rotatable bonds is 3. The number of carbonyl (C=O) groups is 1. The monoisotopic (exact) mass is 357 g/mol. The maximum Gasteiger partial charge on any atom is 0.235 e. The molecule has 3 heterocycles. The standard InChI is InChI=1S/C17H15N3O2S2/c1-22-13-4-2-12(3-5-13)20-10-18-17-15(20)16(11-6-7-23-8-11)24-9-14(21)19-17/h2-8,10,16H,9H2,1H3,(H,19,21)/t16-/m1/s1. The molecular weight excluding hydrogens is 342 g/mol. The summed E-state index contributed by atoms with van der Waals surface area (Å²) in [5.41, 5.74) is 3.17. The first-order valence-corrected chi connectivity index (χ1v) is 9.40. The zero-order valence-electron chi connectivity index (χ0n) is 12.9. The van der Waals surface area contributed by atoms with E-state index in [2.05, 4.69) is 27.1 Å². The normalized spacial score (nSPS) is 17.0. The minimum absolute atomic E-state index is 0.0149. The zero-order valence-corrected chi connectivity index (χ0v) is 14.6. The molecule has 1 aromatic carbocycles. The molecule has 0 fully saturated rings. The van der Waals surface area contributed by atoms with Gasteiger partial charge in [-0.15, -0.1) is 11.8 Å². The number of nitrogens with one attached hydrogen (secondary N) is 1. The summed E-state index contributed by atoms with van der Waals surface area (Å²) in [7, 11) is 1.65. The second kappa shape index (κ2) is 6.33. The molecule has 0 spiro atoms. The predicted molar refractivity (Wildman–Crippen MR) is 97.4 cm³/mol. The largest absolute Gasteiger partial charge is 0.497 e.